The highest BCUT2D eigenvalue weighted by Gasteiger charge is 2.18. The van der Waals surface area contributed by atoms with Crippen molar-refractivity contribution in [3.05, 3.63) is 60.0 Å². The van der Waals surface area contributed by atoms with E-state index < -0.39 is 0 Å². The summed E-state index contributed by atoms with van der Waals surface area (Å²) >= 11 is 0. The zero-order valence-electron chi connectivity index (χ0n) is 13.2. The molecule has 0 bridgehead atoms. The van der Waals surface area contributed by atoms with Crippen molar-refractivity contribution in [1.82, 2.24) is 15.1 Å². The van der Waals surface area contributed by atoms with Gasteiger partial charge < -0.3 is 9.73 Å². The van der Waals surface area contributed by atoms with Gasteiger partial charge in [-0.05, 0) is 43.2 Å². The topological polar surface area (TPSA) is 60.1 Å². The highest BCUT2D eigenvalue weighted by molar-refractivity contribution is 5.94. The SMILES string of the molecule is CCCNC(=O)c1cc(-c2ccco2)nn1-c1cccc(C)c1. The summed E-state index contributed by atoms with van der Waals surface area (Å²) in [5.74, 6) is 0.500. The molecule has 0 radical (unpaired) electrons. The van der Waals surface area contributed by atoms with Gasteiger partial charge in [-0.1, -0.05) is 19.1 Å². The van der Waals surface area contributed by atoms with Crippen molar-refractivity contribution >= 4 is 5.91 Å². The molecule has 1 amide bonds. The number of carbonyl (C=O) groups is 1. The normalized spacial score (nSPS) is 10.7. The Kier molecular flexibility index (Phi) is 4.28. The van der Waals surface area contributed by atoms with Gasteiger partial charge in [0.2, 0.25) is 0 Å². The molecule has 1 N–H and O–H groups in total. The minimum atomic E-state index is -0.140. The molecule has 3 rings (SSSR count). The number of nitrogens with one attached hydrogen (secondary N) is 1. The zero-order valence-corrected chi connectivity index (χ0v) is 13.2. The second-order valence-electron chi connectivity index (χ2n) is 5.40. The number of aromatic nitrogens is 2. The minimum absolute atomic E-state index is 0.140. The molecule has 5 nitrogen and oxygen atoms in total. The second kappa shape index (κ2) is 6.52. The standard InChI is InChI=1S/C18H19N3O2/c1-3-9-19-18(22)16-12-15(17-8-5-10-23-17)20-21(16)14-7-4-6-13(2)11-14/h4-8,10-12H,3,9H2,1-2H3,(H,19,22). The number of nitrogens with zero attached hydrogens (tertiary/aromatic N) is 2. The molecule has 0 atom stereocenters. The molecular weight excluding hydrogens is 290 g/mol. The third-order valence-electron chi connectivity index (χ3n) is 3.50. The van der Waals surface area contributed by atoms with E-state index in [-0.39, 0.29) is 5.91 Å². The predicted molar refractivity (Wildman–Crippen MR) is 88.6 cm³/mol. The molecule has 1 aromatic carbocycles. The molecule has 0 saturated carbocycles. The van der Waals surface area contributed by atoms with Crippen LogP contribution in [0.1, 0.15) is 29.4 Å². The molecule has 0 aliphatic carbocycles. The summed E-state index contributed by atoms with van der Waals surface area (Å²) in [4.78, 5) is 12.5. The van der Waals surface area contributed by atoms with Crippen molar-refractivity contribution in [3.63, 3.8) is 0 Å². The Morgan fingerprint density at radius 3 is 2.83 bits per heavy atom. The first-order valence-corrected chi connectivity index (χ1v) is 7.68. The maximum absolute atomic E-state index is 12.5. The van der Waals surface area contributed by atoms with E-state index in [2.05, 4.69) is 10.4 Å². The first-order valence-electron chi connectivity index (χ1n) is 7.68. The maximum atomic E-state index is 12.5. The third kappa shape index (κ3) is 3.18. The Balaban J connectivity index is 2.06. The number of aryl methyl sites for hydroxylation is 1. The van der Waals surface area contributed by atoms with E-state index in [9.17, 15) is 4.79 Å². The summed E-state index contributed by atoms with van der Waals surface area (Å²) in [5.41, 5.74) is 3.09. The number of carbonyl (C=O) groups excluding carboxylic acids is 1. The van der Waals surface area contributed by atoms with Crippen molar-refractivity contribution in [1.29, 1.82) is 0 Å². The van der Waals surface area contributed by atoms with Gasteiger partial charge in [-0.2, -0.15) is 5.10 Å². The van der Waals surface area contributed by atoms with Crippen LogP contribution in [0.15, 0.2) is 53.1 Å². The number of furan rings is 1. The molecule has 0 saturated heterocycles. The Hall–Kier alpha value is -2.82. The molecule has 2 aromatic heterocycles. The fourth-order valence-electron chi connectivity index (χ4n) is 2.37. The lowest BCUT2D eigenvalue weighted by molar-refractivity contribution is 0.0946. The van der Waals surface area contributed by atoms with Crippen molar-refractivity contribution in [2.45, 2.75) is 20.3 Å². The molecule has 0 aliphatic rings. The molecule has 0 aliphatic heterocycles. The van der Waals surface area contributed by atoms with Crippen molar-refractivity contribution in [3.8, 4) is 17.1 Å². The summed E-state index contributed by atoms with van der Waals surface area (Å²) in [6.07, 6.45) is 2.48. The van der Waals surface area contributed by atoms with Crippen molar-refractivity contribution < 1.29 is 9.21 Å². The van der Waals surface area contributed by atoms with Crippen LogP contribution >= 0.6 is 0 Å². The lowest BCUT2D eigenvalue weighted by Crippen LogP contribution is -2.26. The Morgan fingerprint density at radius 2 is 2.13 bits per heavy atom. The van der Waals surface area contributed by atoms with Gasteiger partial charge in [-0.15, -0.1) is 0 Å². The molecule has 118 valence electrons. The van der Waals surface area contributed by atoms with Gasteiger partial charge in [0.05, 0.1) is 12.0 Å². The van der Waals surface area contributed by atoms with E-state index in [0.29, 0.717) is 23.7 Å². The van der Waals surface area contributed by atoms with E-state index >= 15 is 0 Å². The number of amides is 1. The van der Waals surface area contributed by atoms with Crippen LogP contribution in [-0.4, -0.2) is 22.2 Å². The first-order chi connectivity index (χ1) is 11.2. The maximum Gasteiger partial charge on any atom is 0.270 e. The quantitative estimate of drug-likeness (QED) is 0.783. The van der Waals surface area contributed by atoms with Gasteiger partial charge in [0.15, 0.2) is 5.76 Å². The van der Waals surface area contributed by atoms with Gasteiger partial charge in [-0.3, -0.25) is 4.79 Å². The summed E-state index contributed by atoms with van der Waals surface area (Å²) < 4.78 is 7.06. The van der Waals surface area contributed by atoms with Crippen LogP contribution in [0.3, 0.4) is 0 Å². The summed E-state index contributed by atoms with van der Waals surface area (Å²) in [5, 5.41) is 7.46. The fraction of sp³-hybridized carbons (Fsp3) is 0.222. The van der Waals surface area contributed by atoms with E-state index in [4.69, 9.17) is 4.42 Å². The molecular formula is C18H19N3O2. The number of hydrogen-bond donors (Lipinski definition) is 1. The molecule has 23 heavy (non-hydrogen) atoms. The smallest absolute Gasteiger partial charge is 0.270 e. The third-order valence-corrected chi connectivity index (χ3v) is 3.50. The van der Waals surface area contributed by atoms with Gasteiger partial charge in [0.1, 0.15) is 11.4 Å². The van der Waals surface area contributed by atoms with Crippen LogP contribution in [0.2, 0.25) is 0 Å². The van der Waals surface area contributed by atoms with Crippen molar-refractivity contribution in [2.24, 2.45) is 0 Å². The number of hydrogen-bond acceptors (Lipinski definition) is 3. The highest BCUT2D eigenvalue weighted by atomic mass is 16.3. The second-order valence-corrected chi connectivity index (χ2v) is 5.40. The van der Waals surface area contributed by atoms with Crippen LogP contribution in [0.4, 0.5) is 0 Å². The van der Waals surface area contributed by atoms with Crippen LogP contribution in [0.5, 0.6) is 0 Å². The van der Waals surface area contributed by atoms with Gasteiger partial charge in [0.25, 0.3) is 5.91 Å². The largest absolute Gasteiger partial charge is 0.463 e. The summed E-state index contributed by atoms with van der Waals surface area (Å²) in [6, 6.07) is 13.3. The van der Waals surface area contributed by atoms with Gasteiger partial charge >= 0.3 is 0 Å². The lowest BCUT2D eigenvalue weighted by atomic mass is 10.2. The van der Waals surface area contributed by atoms with Crippen LogP contribution < -0.4 is 5.32 Å². The van der Waals surface area contributed by atoms with Crippen LogP contribution in [-0.2, 0) is 0 Å². The predicted octanol–water partition coefficient (Wildman–Crippen LogP) is 3.58. The Morgan fingerprint density at radius 1 is 1.26 bits per heavy atom. The zero-order chi connectivity index (χ0) is 16.2. The van der Waals surface area contributed by atoms with E-state index in [0.717, 1.165) is 17.7 Å². The molecule has 0 fully saturated rings. The minimum Gasteiger partial charge on any atom is -0.463 e. The van der Waals surface area contributed by atoms with Gasteiger partial charge in [0, 0.05) is 12.6 Å². The first kappa shape index (κ1) is 15.1. The lowest BCUT2D eigenvalue weighted by Gasteiger charge is -2.08. The molecule has 2 heterocycles. The number of rotatable bonds is 5. The molecule has 3 aromatic rings. The average molecular weight is 309 g/mol. The molecule has 0 spiro atoms. The highest BCUT2D eigenvalue weighted by Crippen LogP contribution is 2.22. The monoisotopic (exact) mass is 309 g/mol. The Labute approximate surface area is 134 Å². The molecule has 0 unspecified atom stereocenters. The van der Waals surface area contributed by atoms with Crippen LogP contribution in [0, 0.1) is 6.92 Å². The van der Waals surface area contributed by atoms with Crippen molar-refractivity contribution in [2.75, 3.05) is 6.54 Å². The number of benzene rings is 1. The van der Waals surface area contributed by atoms with E-state index in [1.54, 1.807) is 23.1 Å². The summed E-state index contributed by atoms with van der Waals surface area (Å²) in [6.45, 7) is 4.66. The van der Waals surface area contributed by atoms with Crippen LogP contribution in [0.25, 0.3) is 17.1 Å². The fourth-order valence-corrected chi connectivity index (χ4v) is 2.37. The average Bonchev–Trinajstić information content (AvgIpc) is 3.21. The van der Waals surface area contributed by atoms with Gasteiger partial charge in [-0.25, -0.2) is 4.68 Å². The van der Waals surface area contributed by atoms with E-state index in [1.807, 2.05) is 44.2 Å². The molecule has 5 heteroatoms. The Bertz CT molecular complexity index is 804. The summed E-state index contributed by atoms with van der Waals surface area (Å²) in [7, 11) is 0. The van der Waals surface area contributed by atoms with E-state index in [1.165, 1.54) is 0 Å².